The Hall–Kier alpha value is -2.66. The molecular weight excluding hydrogens is 362 g/mol. The van der Waals surface area contributed by atoms with E-state index in [9.17, 15) is 4.79 Å². The fourth-order valence-electron chi connectivity index (χ4n) is 3.40. The van der Waals surface area contributed by atoms with E-state index in [1.165, 1.54) is 5.56 Å². The third-order valence-corrected chi connectivity index (χ3v) is 5.20. The van der Waals surface area contributed by atoms with Crippen LogP contribution in [0.3, 0.4) is 0 Å². The van der Waals surface area contributed by atoms with Crippen molar-refractivity contribution in [3.63, 3.8) is 0 Å². The van der Waals surface area contributed by atoms with Gasteiger partial charge in [-0.25, -0.2) is 0 Å². The Morgan fingerprint density at radius 1 is 1.19 bits per heavy atom. The van der Waals surface area contributed by atoms with Gasteiger partial charge < -0.3 is 9.42 Å². The molecule has 1 aliphatic heterocycles. The Morgan fingerprint density at radius 2 is 1.93 bits per heavy atom. The van der Waals surface area contributed by atoms with Crippen molar-refractivity contribution in [2.24, 2.45) is 0 Å². The molecule has 0 saturated carbocycles. The molecule has 1 aromatic heterocycles. The van der Waals surface area contributed by atoms with Gasteiger partial charge in [-0.05, 0) is 61.2 Å². The number of aromatic nitrogens is 2. The quantitative estimate of drug-likeness (QED) is 0.642. The maximum atomic E-state index is 13.0. The number of nitrogens with zero attached hydrogens (tertiary/aromatic N) is 3. The molecule has 0 spiro atoms. The third kappa shape index (κ3) is 3.60. The average Bonchev–Trinajstić information content (AvgIpc) is 3.37. The number of amides is 1. The van der Waals surface area contributed by atoms with Gasteiger partial charge in [0, 0.05) is 22.7 Å². The van der Waals surface area contributed by atoms with Gasteiger partial charge in [-0.1, -0.05) is 35.8 Å². The maximum Gasteiger partial charge on any atom is 0.254 e. The van der Waals surface area contributed by atoms with Gasteiger partial charge in [0.15, 0.2) is 0 Å². The highest BCUT2D eigenvalue weighted by Crippen LogP contribution is 2.33. The van der Waals surface area contributed by atoms with Crippen molar-refractivity contribution < 1.29 is 9.32 Å². The highest BCUT2D eigenvalue weighted by atomic mass is 35.5. The molecule has 1 saturated heterocycles. The van der Waals surface area contributed by atoms with Crippen LogP contribution in [0, 0.1) is 0 Å². The molecule has 0 aliphatic carbocycles. The van der Waals surface area contributed by atoms with Crippen molar-refractivity contribution in [1.29, 1.82) is 0 Å². The molecule has 2 heterocycles. The van der Waals surface area contributed by atoms with E-state index in [0.717, 1.165) is 24.8 Å². The minimum atomic E-state index is -0.183. The minimum Gasteiger partial charge on any atom is -0.337 e. The second-order valence-electron chi connectivity index (χ2n) is 6.67. The zero-order valence-electron chi connectivity index (χ0n) is 15.1. The monoisotopic (exact) mass is 381 g/mol. The van der Waals surface area contributed by atoms with Crippen LogP contribution >= 0.6 is 11.6 Å². The van der Waals surface area contributed by atoms with Crippen molar-refractivity contribution in [1.82, 2.24) is 15.0 Å². The molecule has 0 radical (unpaired) electrons. The molecule has 1 atom stereocenters. The summed E-state index contributed by atoms with van der Waals surface area (Å²) < 4.78 is 5.50. The first-order valence-corrected chi connectivity index (χ1v) is 9.53. The lowest BCUT2D eigenvalue weighted by molar-refractivity contribution is 0.0710. The molecule has 3 aromatic rings. The first-order chi connectivity index (χ1) is 13.2. The Kier molecular flexibility index (Phi) is 4.94. The zero-order chi connectivity index (χ0) is 18.8. The van der Waals surface area contributed by atoms with Crippen molar-refractivity contribution in [2.45, 2.75) is 32.2 Å². The number of carbonyl (C=O) groups excluding carboxylic acids is 1. The molecule has 0 unspecified atom stereocenters. The van der Waals surface area contributed by atoms with Gasteiger partial charge in [0.05, 0.1) is 0 Å². The van der Waals surface area contributed by atoms with E-state index in [1.54, 1.807) is 12.1 Å². The summed E-state index contributed by atoms with van der Waals surface area (Å²) in [5.41, 5.74) is 2.74. The smallest absolute Gasteiger partial charge is 0.254 e. The molecule has 1 fully saturated rings. The van der Waals surface area contributed by atoms with Gasteiger partial charge in [0.2, 0.25) is 11.7 Å². The fourth-order valence-corrected chi connectivity index (χ4v) is 3.53. The lowest BCUT2D eigenvalue weighted by atomic mass is 10.1. The van der Waals surface area contributed by atoms with E-state index in [-0.39, 0.29) is 11.9 Å². The molecule has 27 heavy (non-hydrogen) atoms. The van der Waals surface area contributed by atoms with E-state index in [4.69, 9.17) is 16.1 Å². The van der Waals surface area contributed by atoms with E-state index >= 15 is 0 Å². The van der Waals surface area contributed by atoms with Crippen LogP contribution in [0.15, 0.2) is 53.1 Å². The van der Waals surface area contributed by atoms with Crippen LogP contribution in [0.1, 0.15) is 47.6 Å². The summed E-state index contributed by atoms with van der Waals surface area (Å²) in [6.45, 7) is 2.79. The molecule has 138 valence electrons. The Balaban J connectivity index is 1.56. The maximum absolute atomic E-state index is 13.0. The van der Waals surface area contributed by atoms with Gasteiger partial charge >= 0.3 is 0 Å². The number of hydrogen-bond donors (Lipinski definition) is 0. The normalized spacial score (nSPS) is 16.7. The van der Waals surface area contributed by atoms with Gasteiger partial charge in [-0.2, -0.15) is 4.98 Å². The molecule has 0 N–H and O–H groups in total. The first-order valence-electron chi connectivity index (χ1n) is 9.15. The fraction of sp³-hybridized carbons (Fsp3) is 0.286. The molecule has 0 bridgehead atoms. The first kappa shape index (κ1) is 17.7. The lowest BCUT2D eigenvalue weighted by Crippen LogP contribution is -2.30. The Labute approximate surface area is 163 Å². The molecule has 1 aliphatic rings. The lowest BCUT2D eigenvalue weighted by Gasteiger charge is -2.22. The number of halogens is 1. The van der Waals surface area contributed by atoms with E-state index < -0.39 is 0 Å². The number of aryl methyl sites for hydroxylation is 1. The van der Waals surface area contributed by atoms with Crippen LogP contribution in [-0.4, -0.2) is 27.5 Å². The highest BCUT2D eigenvalue weighted by molar-refractivity contribution is 6.30. The molecule has 1 amide bonds. The molecular formula is C21H20ClN3O2. The summed E-state index contributed by atoms with van der Waals surface area (Å²) in [4.78, 5) is 19.3. The van der Waals surface area contributed by atoms with Gasteiger partial charge in [-0.3, -0.25) is 4.79 Å². The summed E-state index contributed by atoms with van der Waals surface area (Å²) in [7, 11) is 0. The van der Waals surface area contributed by atoms with Crippen LogP contribution in [0.5, 0.6) is 0 Å². The molecule has 5 nitrogen and oxygen atoms in total. The van der Waals surface area contributed by atoms with E-state index in [0.29, 0.717) is 28.8 Å². The van der Waals surface area contributed by atoms with Crippen LogP contribution in [0.2, 0.25) is 5.02 Å². The summed E-state index contributed by atoms with van der Waals surface area (Å²) >= 11 is 5.93. The van der Waals surface area contributed by atoms with Gasteiger partial charge in [0.1, 0.15) is 6.04 Å². The number of likely N-dealkylation sites (tertiary alicyclic amines) is 1. The molecule has 4 rings (SSSR count). The van der Waals surface area contributed by atoms with Crippen molar-refractivity contribution in [3.05, 3.63) is 70.6 Å². The summed E-state index contributed by atoms with van der Waals surface area (Å²) in [6, 6.07) is 14.9. The van der Waals surface area contributed by atoms with Crippen LogP contribution in [0.25, 0.3) is 11.4 Å². The van der Waals surface area contributed by atoms with E-state index in [2.05, 4.69) is 17.1 Å². The largest absolute Gasteiger partial charge is 0.337 e. The topological polar surface area (TPSA) is 59.2 Å². The van der Waals surface area contributed by atoms with Gasteiger partial charge in [-0.15, -0.1) is 0 Å². The highest BCUT2D eigenvalue weighted by Gasteiger charge is 2.34. The second kappa shape index (κ2) is 7.53. The van der Waals surface area contributed by atoms with Crippen molar-refractivity contribution >= 4 is 17.5 Å². The van der Waals surface area contributed by atoms with E-state index in [1.807, 2.05) is 41.3 Å². The Bertz CT molecular complexity index is 935. The number of rotatable bonds is 4. The SMILES string of the molecule is CCc1ccc(C(=O)N2CCC[C@H]2c2nc(-c3ccc(Cl)cc3)no2)cc1. The van der Waals surface area contributed by atoms with Crippen LogP contribution < -0.4 is 0 Å². The molecule has 2 aromatic carbocycles. The minimum absolute atomic E-state index is 0.00592. The van der Waals surface area contributed by atoms with Crippen LogP contribution in [-0.2, 0) is 6.42 Å². The third-order valence-electron chi connectivity index (χ3n) is 4.95. The standard InChI is InChI=1S/C21H20ClN3O2/c1-2-14-5-7-16(8-6-14)21(26)25-13-3-4-18(25)20-23-19(24-27-20)15-9-11-17(22)12-10-15/h5-12,18H,2-4,13H2,1H3/t18-/m0/s1. The predicted molar refractivity (Wildman–Crippen MR) is 104 cm³/mol. The number of benzene rings is 2. The number of hydrogen-bond acceptors (Lipinski definition) is 4. The van der Waals surface area contributed by atoms with Crippen molar-refractivity contribution in [3.8, 4) is 11.4 Å². The summed E-state index contributed by atoms with van der Waals surface area (Å²) in [6.07, 6.45) is 2.69. The second-order valence-corrected chi connectivity index (χ2v) is 7.11. The Morgan fingerprint density at radius 3 is 2.63 bits per heavy atom. The predicted octanol–water partition coefficient (Wildman–Crippen LogP) is 4.93. The zero-order valence-corrected chi connectivity index (χ0v) is 15.8. The number of carbonyl (C=O) groups is 1. The summed E-state index contributed by atoms with van der Waals surface area (Å²) in [5.74, 6) is 0.996. The average molecular weight is 382 g/mol. The molecule has 6 heteroatoms. The summed E-state index contributed by atoms with van der Waals surface area (Å²) in [5, 5.41) is 4.74. The van der Waals surface area contributed by atoms with Gasteiger partial charge in [0.25, 0.3) is 5.91 Å². The van der Waals surface area contributed by atoms with Crippen molar-refractivity contribution in [2.75, 3.05) is 6.54 Å². The van der Waals surface area contributed by atoms with Crippen LogP contribution in [0.4, 0.5) is 0 Å².